The first kappa shape index (κ1) is 23.5. The van der Waals surface area contributed by atoms with Crippen LogP contribution in [0.15, 0.2) is 81.4 Å². The van der Waals surface area contributed by atoms with Crippen molar-refractivity contribution in [3.8, 4) is 5.75 Å². The maximum Gasteiger partial charge on any atom is 0.349 e. The quantitative estimate of drug-likeness (QED) is 0.403. The lowest BCUT2D eigenvalue weighted by Gasteiger charge is -2.16. The molecule has 0 aliphatic heterocycles. The molecule has 0 unspecified atom stereocenters. The van der Waals surface area contributed by atoms with Gasteiger partial charge in [0, 0.05) is 37.1 Å². The van der Waals surface area contributed by atoms with E-state index in [0.717, 1.165) is 15.9 Å². The van der Waals surface area contributed by atoms with Crippen LogP contribution in [0.1, 0.15) is 11.1 Å². The highest BCUT2D eigenvalue weighted by Crippen LogP contribution is 2.24. The van der Waals surface area contributed by atoms with Gasteiger partial charge in [0.25, 0.3) is 11.5 Å². The summed E-state index contributed by atoms with van der Waals surface area (Å²) in [4.78, 5) is 42.1. The second kappa shape index (κ2) is 10.1. The molecule has 9 nitrogen and oxygen atoms in total. The van der Waals surface area contributed by atoms with Crippen molar-refractivity contribution in [3.63, 3.8) is 0 Å². The summed E-state index contributed by atoms with van der Waals surface area (Å²) in [5.41, 5.74) is 2.35. The van der Waals surface area contributed by atoms with Crippen LogP contribution >= 0.6 is 0 Å². The molecule has 0 atom stereocenters. The van der Waals surface area contributed by atoms with Gasteiger partial charge in [0.1, 0.15) is 5.75 Å². The average molecular weight is 472 g/mol. The molecule has 0 spiro atoms. The molecule has 1 heterocycles. The molecule has 0 bridgehead atoms. The third-order valence-corrected chi connectivity index (χ3v) is 5.30. The largest absolute Gasteiger partial charge is 0.483 e. The molecule has 3 aromatic carbocycles. The Kier molecular flexibility index (Phi) is 6.77. The number of carbonyl (C=O) groups is 1. The molecule has 4 aromatic rings. The second-order valence-corrected chi connectivity index (χ2v) is 8.16. The van der Waals surface area contributed by atoms with Crippen molar-refractivity contribution >= 4 is 34.4 Å². The standard InChI is InChI=1S/C26H25N5O4/c1-17-8-11-19(12-9-17)28-24(32)16-35-23-14-20(30(2)3)13-10-18(23)15-27-31-25(33)21-6-4-5-7-22(21)29-26(31)34/h4-15H,16H2,1-3H3,(H,28,32)(H,29,34). The molecule has 1 aromatic heterocycles. The third-order valence-electron chi connectivity index (χ3n) is 5.30. The number of nitrogens with zero attached hydrogens (tertiary/aromatic N) is 3. The Labute approximate surface area is 201 Å². The average Bonchev–Trinajstić information content (AvgIpc) is 2.84. The van der Waals surface area contributed by atoms with E-state index >= 15 is 0 Å². The van der Waals surface area contributed by atoms with Crippen molar-refractivity contribution in [2.24, 2.45) is 5.10 Å². The molecule has 35 heavy (non-hydrogen) atoms. The van der Waals surface area contributed by atoms with Gasteiger partial charge in [0.15, 0.2) is 6.61 Å². The summed E-state index contributed by atoms with van der Waals surface area (Å²) in [5, 5.41) is 7.24. The minimum Gasteiger partial charge on any atom is -0.483 e. The molecule has 0 saturated heterocycles. The predicted molar refractivity (Wildman–Crippen MR) is 138 cm³/mol. The molecule has 0 saturated carbocycles. The normalized spacial score (nSPS) is 11.1. The first-order valence-electron chi connectivity index (χ1n) is 10.9. The first-order chi connectivity index (χ1) is 16.8. The minimum absolute atomic E-state index is 0.234. The SMILES string of the molecule is Cc1ccc(NC(=O)COc2cc(N(C)C)ccc2C=Nn2c(=O)[nH]c3ccccc3c2=O)cc1. The molecule has 0 radical (unpaired) electrons. The number of fused-ring (bicyclic) bond motifs is 1. The van der Waals surface area contributed by atoms with Gasteiger partial charge >= 0.3 is 5.69 Å². The van der Waals surface area contributed by atoms with Crippen molar-refractivity contribution in [1.82, 2.24) is 9.66 Å². The number of anilines is 2. The second-order valence-electron chi connectivity index (χ2n) is 8.16. The van der Waals surface area contributed by atoms with Gasteiger partial charge in [-0.1, -0.05) is 29.8 Å². The topological polar surface area (TPSA) is 109 Å². The molecule has 9 heteroatoms. The highest BCUT2D eigenvalue weighted by atomic mass is 16.5. The summed E-state index contributed by atoms with van der Waals surface area (Å²) in [6.45, 7) is 1.73. The Balaban J connectivity index is 1.60. The summed E-state index contributed by atoms with van der Waals surface area (Å²) in [7, 11) is 3.76. The highest BCUT2D eigenvalue weighted by molar-refractivity contribution is 5.92. The first-order valence-corrected chi connectivity index (χ1v) is 10.9. The maximum absolute atomic E-state index is 12.7. The number of aromatic nitrogens is 2. The van der Waals surface area contributed by atoms with Gasteiger partial charge in [-0.15, -0.1) is 4.68 Å². The summed E-state index contributed by atoms with van der Waals surface area (Å²) >= 11 is 0. The monoisotopic (exact) mass is 471 g/mol. The van der Waals surface area contributed by atoms with Gasteiger partial charge in [-0.05, 0) is 43.3 Å². The summed E-state index contributed by atoms with van der Waals surface area (Å²) in [6, 6.07) is 19.5. The zero-order valence-electron chi connectivity index (χ0n) is 19.6. The van der Waals surface area contributed by atoms with Gasteiger partial charge in [-0.2, -0.15) is 5.10 Å². The zero-order valence-corrected chi connectivity index (χ0v) is 19.6. The van der Waals surface area contributed by atoms with Crippen molar-refractivity contribution < 1.29 is 9.53 Å². The van der Waals surface area contributed by atoms with E-state index in [-0.39, 0.29) is 12.5 Å². The van der Waals surface area contributed by atoms with Crippen LogP contribution in [-0.2, 0) is 4.79 Å². The third kappa shape index (κ3) is 5.47. The number of carbonyl (C=O) groups excluding carboxylic acids is 1. The zero-order chi connectivity index (χ0) is 24.9. The number of amides is 1. The fraction of sp³-hybridized carbons (Fsp3) is 0.154. The number of aromatic amines is 1. The van der Waals surface area contributed by atoms with Crippen LogP contribution in [0, 0.1) is 6.92 Å². The molecule has 1 amide bonds. The van der Waals surface area contributed by atoms with Gasteiger partial charge in [0.2, 0.25) is 0 Å². The van der Waals surface area contributed by atoms with E-state index in [2.05, 4.69) is 15.4 Å². The predicted octanol–water partition coefficient (Wildman–Crippen LogP) is 2.96. The Bertz CT molecular complexity index is 1520. The van der Waals surface area contributed by atoms with E-state index in [1.54, 1.807) is 36.4 Å². The molecular weight excluding hydrogens is 446 g/mol. The molecule has 2 N–H and O–H groups in total. The number of nitrogens with one attached hydrogen (secondary N) is 2. The fourth-order valence-corrected chi connectivity index (χ4v) is 3.39. The molecule has 0 fully saturated rings. The van der Waals surface area contributed by atoms with Crippen LogP contribution < -0.4 is 26.2 Å². The van der Waals surface area contributed by atoms with E-state index in [4.69, 9.17) is 4.74 Å². The van der Waals surface area contributed by atoms with Gasteiger partial charge in [-0.25, -0.2) is 4.79 Å². The number of ether oxygens (including phenoxy) is 1. The summed E-state index contributed by atoms with van der Waals surface area (Å²) in [6.07, 6.45) is 1.36. The number of H-pyrrole nitrogens is 1. The highest BCUT2D eigenvalue weighted by Gasteiger charge is 2.10. The smallest absolute Gasteiger partial charge is 0.349 e. The van der Waals surface area contributed by atoms with Crippen molar-refractivity contribution in [1.29, 1.82) is 0 Å². The summed E-state index contributed by atoms with van der Waals surface area (Å²) in [5.74, 6) is 0.0541. The summed E-state index contributed by atoms with van der Waals surface area (Å²) < 4.78 is 6.56. The molecule has 178 valence electrons. The van der Waals surface area contributed by atoms with Crippen LogP contribution in [0.4, 0.5) is 11.4 Å². The van der Waals surface area contributed by atoms with Crippen LogP contribution in [-0.4, -0.2) is 42.5 Å². The molecular formula is C26H25N5O4. The van der Waals surface area contributed by atoms with Crippen LogP contribution in [0.25, 0.3) is 10.9 Å². The van der Waals surface area contributed by atoms with Gasteiger partial charge in [0.05, 0.1) is 17.1 Å². The van der Waals surface area contributed by atoms with E-state index in [0.29, 0.717) is 27.9 Å². The van der Waals surface area contributed by atoms with E-state index in [9.17, 15) is 14.4 Å². The number of benzene rings is 3. The Morgan fingerprint density at radius 3 is 2.57 bits per heavy atom. The number of para-hydroxylation sites is 1. The number of aryl methyl sites for hydroxylation is 1. The van der Waals surface area contributed by atoms with E-state index < -0.39 is 11.2 Å². The van der Waals surface area contributed by atoms with Crippen LogP contribution in [0.2, 0.25) is 0 Å². The van der Waals surface area contributed by atoms with Crippen molar-refractivity contribution in [2.75, 3.05) is 30.9 Å². The lowest BCUT2D eigenvalue weighted by Crippen LogP contribution is -2.32. The lowest BCUT2D eigenvalue weighted by atomic mass is 10.2. The Morgan fingerprint density at radius 2 is 1.83 bits per heavy atom. The number of hydrogen-bond acceptors (Lipinski definition) is 6. The van der Waals surface area contributed by atoms with Crippen molar-refractivity contribution in [2.45, 2.75) is 6.92 Å². The Hall–Kier alpha value is -4.66. The van der Waals surface area contributed by atoms with Crippen LogP contribution in [0.5, 0.6) is 5.75 Å². The van der Waals surface area contributed by atoms with Crippen LogP contribution in [0.3, 0.4) is 0 Å². The maximum atomic E-state index is 12.7. The fourth-order valence-electron chi connectivity index (χ4n) is 3.39. The minimum atomic E-state index is -0.658. The van der Waals surface area contributed by atoms with E-state index in [1.165, 1.54) is 6.21 Å². The number of hydrogen-bond donors (Lipinski definition) is 2. The van der Waals surface area contributed by atoms with Gasteiger partial charge in [-0.3, -0.25) is 9.59 Å². The molecule has 0 aliphatic carbocycles. The van der Waals surface area contributed by atoms with Crippen molar-refractivity contribution in [3.05, 3.63) is 98.7 Å². The molecule has 4 rings (SSSR count). The number of rotatable bonds is 7. The van der Waals surface area contributed by atoms with Gasteiger partial charge < -0.3 is 19.9 Å². The van der Waals surface area contributed by atoms with E-state index in [1.807, 2.05) is 56.3 Å². The Morgan fingerprint density at radius 1 is 1.09 bits per heavy atom. The lowest BCUT2D eigenvalue weighted by molar-refractivity contribution is -0.118. The molecule has 0 aliphatic rings.